The summed E-state index contributed by atoms with van der Waals surface area (Å²) in [6, 6.07) is 5.25. The van der Waals surface area contributed by atoms with Crippen molar-refractivity contribution in [1.29, 1.82) is 0 Å². The lowest BCUT2D eigenvalue weighted by atomic mass is 10.1. The highest BCUT2D eigenvalue weighted by Crippen LogP contribution is 2.39. The molecule has 0 radical (unpaired) electrons. The minimum absolute atomic E-state index is 0.0469. The van der Waals surface area contributed by atoms with Gasteiger partial charge in [0.15, 0.2) is 6.10 Å². The number of rotatable bonds is 26. The van der Waals surface area contributed by atoms with E-state index >= 15 is 0 Å². The Bertz CT molecular complexity index is 1430. The fourth-order valence-electron chi connectivity index (χ4n) is 4.52. The van der Waals surface area contributed by atoms with E-state index in [1.165, 1.54) is 30.7 Å². The molecule has 0 aliphatic carbocycles. The average molecular weight is 765 g/mol. The Morgan fingerprint density at radius 1 is 0.843 bits per heavy atom. The van der Waals surface area contributed by atoms with Crippen molar-refractivity contribution in [1.82, 2.24) is 0 Å². The molecule has 0 saturated carbocycles. The number of para-hydroxylation sites is 1. The van der Waals surface area contributed by atoms with Gasteiger partial charge < -0.3 is 18.8 Å². The van der Waals surface area contributed by atoms with Crippen molar-refractivity contribution in [3.63, 3.8) is 0 Å². The van der Waals surface area contributed by atoms with Gasteiger partial charge in [0.2, 0.25) is 0 Å². The standard InChI is InChI=1S/C38H52O10S3/c1-2-3-4-5-6-7-8-9-10-11-12-13-14-15-16-17-18-27-37(41)47-32(30-45-36(40)26-22-19-23-33-28-29-49-50-33)31-46-51(43,44)48-38(42)34-24-20-21-25-35(34)39/h3-4,6-7,9-10,12-13,15-16,20-21,24-25,32-33,39H,2,5,8,11,14,17-19,22-23,26-31H2,1H3/b4-3-,7-6-,10-9-,13-12-,16-15-/t32-,33-/m1/s1. The van der Waals surface area contributed by atoms with Crippen LogP contribution in [0.4, 0.5) is 0 Å². The second kappa shape index (κ2) is 27.4. The van der Waals surface area contributed by atoms with Crippen molar-refractivity contribution in [2.45, 2.75) is 102 Å². The second-order valence-electron chi connectivity index (χ2n) is 11.6. The van der Waals surface area contributed by atoms with Crippen LogP contribution in [0.1, 0.15) is 101 Å². The zero-order valence-corrected chi connectivity index (χ0v) is 31.8. The Hall–Kier alpha value is -3.26. The molecule has 0 amide bonds. The number of phenols is 1. The van der Waals surface area contributed by atoms with Crippen LogP contribution in [0.2, 0.25) is 0 Å². The molecule has 0 unspecified atom stereocenters. The van der Waals surface area contributed by atoms with E-state index in [2.05, 4.69) is 59.7 Å². The molecule has 1 aliphatic heterocycles. The largest absolute Gasteiger partial charge is 0.507 e. The molecule has 1 aliphatic rings. The zero-order chi connectivity index (χ0) is 37.0. The summed E-state index contributed by atoms with van der Waals surface area (Å²) in [5.74, 6) is -1.80. The SMILES string of the molecule is CC/C=C\C/C=C\C/C=C\C/C=C\C/C=C\CCCC(=O)O[C@H](COC(=O)CCCC[C@@H]1CCSS1)COS(=O)(=O)OC(=O)c1ccccc1O. The molecule has 2 atom stereocenters. The molecule has 1 heterocycles. The molecule has 0 spiro atoms. The highest BCUT2D eigenvalue weighted by molar-refractivity contribution is 8.77. The summed E-state index contributed by atoms with van der Waals surface area (Å²) in [6.07, 6.45) is 29.5. The lowest BCUT2D eigenvalue weighted by Crippen LogP contribution is -2.31. The van der Waals surface area contributed by atoms with Crippen molar-refractivity contribution < 1.29 is 45.7 Å². The van der Waals surface area contributed by atoms with E-state index in [1.54, 1.807) is 0 Å². The minimum atomic E-state index is -4.91. The molecule has 51 heavy (non-hydrogen) atoms. The quantitative estimate of drug-likeness (QED) is 0.0417. The molecule has 0 bridgehead atoms. The van der Waals surface area contributed by atoms with E-state index in [-0.39, 0.29) is 18.4 Å². The van der Waals surface area contributed by atoms with E-state index in [1.807, 2.05) is 33.7 Å². The molecular weight excluding hydrogens is 713 g/mol. The number of carbonyl (C=O) groups excluding carboxylic acids is 3. The first kappa shape index (κ1) is 43.9. The maximum atomic E-state index is 12.6. The molecule has 10 nitrogen and oxygen atoms in total. The summed E-state index contributed by atoms with van der Waals surface area (Å²) in [7, 11) is -1.16. The summed E-state index contributed by atoms with van der Waals surface area (Å²) >= 11 is 0. The molecule has 1 N–H and O–H groups in total. The van der Waals surface area contributed by atoms with Gasteiger partial charge in [-0.3, -0.25) is 9.59 Å². The number of phenolic OH excluding ortho intramolecular Hbond substituents is 1. The number of aromatic hydroxyl groups is 1. The number of hydrogen-bond donors (Lipinski definition) is 1. The Labute approximate surface area is 311 Å². The van der Waals surface area contributed by atoms with Gasteiger partial charge in [-0.2, -0.15) is 8.42 Å². The van der Waals surface area contributed by atoms with Crippen LogP contribution >= 0.6 is 21.6 Å². The zero-order valence-electron chi connectivity index (χ0n) is 29.4. The van der Waals surface area contributed by atoms with Gasteiger partial charge in [0.1, 0.15) is 24.5 Å². The maximum Gasteiger partial charge on any atom is 0.451 e. The van der Waals surface area contributed by atoms with Gasteiger partial charge in [-0.05, 0) is 76.3 Å². The maximum absolute atomic E-state index is 12.6. The van der Waals surface area contributed by atoms with Gasteiger partial charge in [0.05, 0.1) is 0 Å². The lowest BCUT2D eigenvalue weighted by Gasteiger charge is -2.18. The van der Waals surface area contributed by atoms with Gasteiger partial charge in [-0.1, -0.05) is 108 Å². The van der Waals surface area contributed by atoms with E-state index in [9.17, 15) is 27.9 Å². The Morgan fingerprint density at radius 2 is 1.47 bits per heavy atom. The highest BCUT2D eigenvalue weighted by Gasteiger charge is 2.26. The number of benzene rings is 1. The first-order valence-electron chi connectivity index (χ1n) is 17.5. The topological polar surface area (TPSA) is 142 Å². The first-order valence-corrected chi connectivity index (χ1v) is 21.2. The van der Waals surface area contributed by atoms with Crippen molar-refractivity contribution in [2.24, 2.45) is 0 Å². The van der Waals surface area contributed by atoms with Crippen LogP contribution in [0.5, 0.6) is 5.75 Å². The Morgan fingerprint density at radius 3 is 2.10 bits per heavy atom. The van der Waals surface area contributed by atoms with Gasteiger partial charge in [-0.15, -0.1) is 0 Å². The van der Waals surface area contributed by atoms with Crippen LogP contribution < -0.4 is 0 Å². The van der Waals surface area contributed by atoms with Crippen molar-refractivity contribution in [3.05, 3.63) is 90.6 Å². The number of esters is 2. The summed E-state index contributed by atoms with van der Waals surface area (Å²) in [5, 5.41) is 10.4. The summed E-state index contributed by atoms with van der Waals surface area (Å²) in [5.41, 5.74) is -0.376. The number of allylic oxidation sites excluding steroid dienone is 10. The van der Waals surface area contributed by atoms with Gasteiger partial charge in [-0.25, -0.2) is 8.98 Å². The number of ether oxygens (including phenoxy) is 2. The smallest absolute Gasteiger partial charge is 0.451 e. The summed E-state index contributed by atoms with van der Waals surface area (Å²) in [4.78, 5) is 37.2. The molecule has 2 rings (SSSR count). The predicted octanol–water partition coefficient (Wildman–Crippen LogP) is 8.90. The summed E-state index contributed by atoms with van der Waals surface area (Å²) in [6.45, 7) is 0.939. The van der Waals surface area contributed by atoms with E-state index in [0.29, 0.717) is 24.5 Å². The van der Waals surface area contributed by atoms with Crippen molar-refractivity contribution in [2.75, 3.05) is 19.0 Å². The van der Waals surface area contributed by atoms with E-state index < -0.39 is 53.4 Å². The van der Waals surface area contributed by atoms with Crippen molar-refractivity contribution >= 4 is 49.9 Å². The fourth-order valence-corrected chi connectivity index (χ4v) is 8.19. The molecule has 1 aromatic carbocycles. The molecule has 1 saturated heterocycles. The third-order valence-corrected chi connectivity index (χ3v) is 11.0. The van der Waals surface area contributed by atoms with E-state index in [0.717, 1.165) is 50.7 Å². The van der Waals surface area contributed by atoms with E-state index in [4.69, 9.17) is 13.7 Å². The first-order chi connectivity index (χ1) is 24.7. The number of carbonyl (C=O) groups is 3. The Balaban J connectivity index is 1.75. The third-order valence-electron chi connectivity index (χ3n) is 7.22. The van der Waals surface area contributed by atoms with Crippen LogP contribution in [-0.4, -0.2) is 61.8 Å². The van der Waals surface area contributed by atoms with Crippen molar-refractivity contribution in [3.8, 4) is 5.75 Å². The monoisotopic (exact) mass is 764 g/mol. The molecule has 1 fully saturated rings. The number of hydrogen-bond acceptors (Lipinski definition) is 12. The van der Waals surface area contributed by atoms with Gasteiger partial charge in [0.25, 0.3) is 0 Å². The van der Waals surface area contributed by atoms with Crippen LogP contribution in [0.25, 0.3) is 0 Å². The normalized spacial score (nSPS) is 15.8. The minimum Gasteiger partial charge on any atom is -0.507 e. The highest BCUT2D eigenvalue weighted by atomic mass is 33.1. The molecule has 13 heteroatoms. The predicted molar refractivity (Wildman–Crippen MR) is 204 cm³/mol. The number of unbranched alkanes of at least 4 members (excludes halogenated alkanes) is 2. The van der Waals surface area contributed by atoms with Crippen LogP contribution in [0.15, 0.2) is 85.0 Å². The fraction of sp³-hybridized carbons (Fsp3) is 0.500. The average Bonchev–Trinajstić information content (AvgIpc) is 3.63. The Kier molecular flexibility index (Phi) is 23.6. The van der Waals surface area contributed by atoms with Crippen LogP contribution in [0, 0.1) is 0 Å². The van der Waals surface area contributed by atoms with Crippen LogP contribution in [-0.2, 0) is 37.8 Å². The van der Waals surface area contributed by atoms with Gasteiger partial charge >= 0.3 is 28.3 Å². The lowest BCUT2D eigenvalue weighted by molar-refractivity contribution is -0.161. The molecule has 282 valence electrons. The molecule has 1 aromatic rings. The van der Waals surface area contributed by atoms with Crippen LogP contribution in [0.3, 0.4) is 0 Å². The molecule has 0 aromatic heterocycles. The second-order valence-corrected chi connectivity index (χ2v) is 15.6. The van der Waals surface area contributed by atoms with Gasteiger partial charge in [0, 0.05) is 23.8 Å². The molecular formula is C38H52O10S3. The summed E-state index contributed by atoms with van der Waals surface area (Å²) < 4.78 is 44.6. The third kappa shape index (κ3) is 22.3.